The molecular formula is C14H20N2O3. The summed E-state index contributed by atoms with van der Waals surface area (Å²) in [5.74, 6) is 0.315. The molecule has 19 heavy (non-hydrogen) atoms. The fraction of sp³-hybridized carbons (Fsp3) is 0.429. The van der Waals surface area contributed by atoms with Gasteiger partial charge in [-0.05, 0) is 30.5 Å². The Bertz CT molecular complexity index is 470. The first kappa shape index (κ1) is 15.0. The van der Waals surface area contributed by atoms with Crippen molar-refractivity contribution in [2.24, 2.45) is 5.92 Å². The van der Waals surface area contributed by atoms with Crippen LogP contribution >= 0.6 is 0 Å². The Labute approximate surface area is 113 Å². The molecule has 0 radical (unpaired) electrons. The number of rotatable bonds is 4. The predicted octanol–water partition coefficient (Wildman–Crippen LogP) is 1.81. The molecule has 0 atom stereocenters. The van der Waals surface area contributed by atoms with Crippen LogP contribution in [0.5, 0.6) is 5.75 Å². The number of hydrogen-bond donors (Lipinski definition) is 2. The summed E-state index contributed by atoms with van der Waals surface area (Å²) in [6.07, 6.45) is 0.373. The number of nitrogens with one attached hydrogen (secondary N) is 2. The lowest BCUT2D eigenvalue weighted by molar-refractivity contribution is -0.122. The lowest BCUT2D eigenvalue weighted by Crippen LogP contribution is -2.42. The number of carbonyl (C=O) groups is 2. The molecular weight excluding hydrogens is 244 g/mol. The Balaban J connectivity index is 2.61. The van der Waals surface area contributed by atoms with Crippen molar-refractivity contribution in [3.8, 4) is 5.75 Å². The monoisotopic (exact) mass is 264 g/mol. The minimum absolute atomic E-state index is 0.206. The smallest absolute Gasteiger partial charge is 0.269 e. The number of ether oxygens (including phenoxy) is 1. The molecule has 0 aliphatic rings. The molecule has 0 spiro atoms. The number of amides is 2. The standard InChI is InChI=1S/C14H20N2O3/c1-9(2)7-13(17)15-16-14(18)11-6-5-10(3)12(8-11)19-4/h5-6,8-9H,7H2,1-4H3,(H,15,17)(H,16,18). The summed E-state index contributed by atoms with van der Waals surface area (Å²) in [5, 5.41) is 0. The second-order valence-electron chi connectivity index (χ2n) is 4.78. The van der Waals surface area contributed by atoms with E-state index in [1.54, 1.807) is 25.3 Å². The van der Waals surface area contributed by atoms with E-state index in [1.807, 2.05) is 20.8 Å². The van der Waals surface area contributed by atoms with Gasteiger partial charge in [0.2, 0.25) is 5.91 Å². The molecule has 2 N–H and O–H groups in total. The first-order chi connectivity index (χ1) is 8.93. The summed E-state index contributed by atoms with van der Waals surface area (Å²) in [4.78, 5) is 23.2. The summed E-state index contributed by atoms with van der Waals surface area (Å²) < 4.78 is 5.15. The van der Waals surface area contributed by atoms with Crippen LogP contribution < -0.4 is 15.6 Å². The average Bonchev–Trinajstić information content (AvgIpc) is 2.35. The Kier molecular flexibility index (Phi) is 5.36. The summed E-state index contributed by atoms with van der Waals surface area (Å²) in [5.41, 5.74) is 6.15. The first-order valence-corrected chi connectivity index (χ1v) is 6.18. The Morgan fingerprint density at radius 2 is 1.95 bits per heavy atom. The molecule has 5 heteroatoms. The highest BCUT2D eigenvalue weighted by molar-refractivity contribution is 5.95. The fourth-order valence-electron chi connectivity index (χ4n) is 1.58. The van der Waals surface area contributed by atoms with Gasteiger partial charge in [-0.2, -0.15) is 0 Å². The van der Waals surface area contributed by atoms with E-state index in [1.165, 1.54) is 0 Å². The highest BCUT2D eigenvalue weighted by atomic mass is 16.5. The molecule has 0 heterocycles. The van der Waals surface area contributed by atoms with Crippen molar-refractivity contribution < 1.29 is 14.3 Å². The van der Waals surface area contributed by atoms with Gasteiger partial charge in [-0.1, -0.05) is 19.9 Å². The van der Waals surface area contributed by atoms with Gasteiger partial charge in [-0.25, -0.2) is 0 Å². The summed E-state index contributed by atoms with van der Waals surface area (Å²) in [7, 11) is 1.55. The number of aryl methyl sites for hydroxylation is 1. The fourth-order valence-corrected chi connectivity index (χ4v) is 1.58. The molecule has 1 aromatic carbocycles. The largest absolute Gasteiger partial charge is 0.496 e. The van der Waals surface area contributed by atoms with Gasteiger partial charge in [0, 0.05) is 12.0 Å². The zero-order valence-electron chi connectivity index (χ0n) is 11.7. The summed E-state index contributed by atoms with van der Waals surface area (Å²) >= 11 is 0. The van der Waals surface area contributed by atoms with Crippen LogP contribution in [-0.2, 0) is 4.79 Å². The third kappa shape index (κ3) is 4.62. The van der Waals surface area contributed by atoms with E-state index < -0.39 is 0 Å². The quantitative estimate of drug-likeness (QED) is 0.815. The summed E-state index contributed by atoms with van der Waals surface area (Å²) in [6.45, 7) is 5.77. The van der Waals surface area contributed by atoms with Crippen molar-refractivity contribution >= 4 is 11.8 Å². The van der Waals surface area contributed by atoms with Crippen LogP contribution in [0.1, 0.15) is 36.2 Å². The second kappa shape index (κ2) is 6.78. The number of hydrazine groups is 1. The molecule has 0 unspecified atom stereocenters. The zero-order valence-corrected chi connectivity index (χ0v) is 11.7. The Hall–Kier alpha value is -2.04. The maximum Gasteiger partial charge on any atom is 0.269 e. The first-order valence-electron chi connectivity index (χ1n) is 6.18. The van der Waals surface area contributed by atoms with E-state index in [0.717, 1.165) is 5.56 Å². The molecule has 2 amide bonds. The molecule has 0 bridgehead atoms. The SMILES string of the molecule is COc1cc(C(=O)NNC(=O)CC(C)C)ccc1C. The van der Waals surface area contributed by atoms with E-state index in [4.69, 9.17) is 4.74 Å². The maximum atomic E-state index is 11.8. The van der Waals surface area contributed by atoms with Crippen molar-refractivity contribution in [1.29, 1.82) is 0 Å². The summed E-state index contributed by atoms with van der Waals surface area (Å²) in [6, 6.07) is 5.12. The third-order valence-electron chi connectivity index (χ3n) is 2.58. The maximum absolute atomic E-state index is 11.8. The normalized spacial score (nSPS) is 10.2. The van der Waals surface area contributed by atoms with Crippen LogP contribution in [0.2, 0.25) is 0 Å². The van der Waals surface area contributed by atoms with Crippen LogP contribution in [0.15, 0.2) is 18.2 Å². The zero-order chi connectivity index (χ0) is 14.4. The van der Waals surface area contributed by atoms with Crippen molar-refractivity contribution in [3.63, 3.8) is 0 Å². The second-order valence-corrected chi connectivity index (χ2v) is 4.78. The molecule has 0 fully saturated rings. The van der Waals surface area contributed by atoms with Crippen LogP contribution in [-0.4, -0.2) is 18.9 Å². The molecule has 5 nitrogen and oxygen atoms in total. The average molecular weight is 264 g/mol. The molecule has 1 aromatic rings. The predicted molar refractivity (Wildman–Crippen MR) is 72.8 cm³/mol. The number of methoxy groups -OCH3 is 1. The van der Waals surface area contributed by atoms with Gasteiger partial charge in [0.1, 0.15) is 5.75 Å². The van der Waals surface area contributed by atoms with Gasteiger partial charge >= 0.3 is 0 Å². The van der Waals surface area contributed by atoms with Crippen molar-refractivity contribution in [2.75, 3.05) is 7.11 Å². The number of carbonyl (C=O) groups excluding carboxylic acids is 2. The van der Waals surface area contributed by atoms with Gasteiger partial charge in [0.05, 0.1) is 7.11 Å². The topological polar surface area (TPSA) is 67.4 Å². The van der Waals surface area contributed by atoms with E-state index in [-0.39, 0.29) is 17.7 Å². The Morgan fingerprint density at radius 3 is 2.53 bits per heavy atom. The Morgan fingerprint density at radius 1 is 1.26 bits per heavy atom. The number of hydrogen-bond acceptors (Lipinski definition) is 3. The minimum atomic E-state index is -0.365. The highest BCUT2D eigenvalue weighted by Crippen LogP contribution is 2.18. The van der Waals surface area contributed by atoms with Crippen molar-refractivity contribution in [3.05, 3.63) is 29.3 Å². The lowest BCUT2D eigenvalue weighted by Gasteiger charge is -2.10. The molecule has 0 saturated carbocycles. The van der Waals surface area contributed by atoms with Crippen LogP contribution in [0.4, 0.5) is 0 Å². The molecule has 1 rings (SSSR count). The van der Waals surface area contributed by atoms with Crippen LogP contribution in [0, 0.1) is 12.8 Å². The van der Waals surface area contributed by atoms with Crippen molar-refractivity contribution in [1.82, 2.24) is 10.9 Å². The van der Waals surface area contributed by atoms with Gasteiger partial charge in [0.15, 0.2) is 0 Å². The van der Waals surface area contributed by atoms with Crippen LogP contribution in [0.3, 0.4) is 0 Å². The molecule has 0 aromatic heterocycles. The minimum Gasteiger partial charge on any atom is -0.496 e. The number of benzene rings is 1. The van der Waals surface area contributed by atoms with Gasteiger partial charge in [0.25, 0.3) is 5.91 Å². The van der Waals surface area contributed by atoms with Gasteiger partial charge in [-0.3, -0.25) is 20.4 Å². The lowest BCUT2D eigenvalue weighted by atomic mass is 10.1. The van der Waals surface area contributed by atoms with E-state index in [2.05, 4.69) is 10.9 Å². The van der Waals surface area contributed by atoms with Gasteiger partial charge in [-0.15, -0.1) is 0 Å². The molecule has 0 aliphatic carbocycles. The molecule has 0 aliphatic heterocycles. The van der Waals surface area contributed by atoms with Crippen molar-refractivity contribution in [2.45, 2.75) is 27.2 Å². The molecule has 0 saturated heterocycles. The van der Waals surface area contributed by atoms with E-state index >= 15 is 0 Å². The van der Waals surface area contributed by atoms with Crippen LogP contribution in [0.25, 0.3) is 0 Å². The van der Waals surface area contributed by atoms with Gasteiger partial charge < -0.3 is 4.74 Å². The van der Waals surface area contributed by atoms with E-state index in [9.17, 15) is 9.59 Å². The molecule has 104 valence electrons. The highest BCUT2D eigenvalue weighted by Gasteiger charge is 2.10. The van der Waals surface area contributed by atoms with E-state index in [0.29, 0.717) is 17.7 Å². The third-order valence-corrected chi connectivity index (χ3v) is 2.58.